The van der Waals surface area contributed by atoms with Gasteiger partial charge in [0.05, 0.1) is 6.54 Å². The van der Waals surface area contributed by atoms with Crippen LogP contribution in [0.1, 0.15) is 17.4 Å². The van der Waals surface area contributed by atoms with Crippen molar-refractivity contribution in [3.05, 3.63) is 21.9 Å². The molecule has 0 aromatic carbocycles. The van der Waals surface area contributed by atoms with Crippen LogP contribution < -0.4 is 5.32 Å². The number of carbonyl (C=O) groups is 2. The van der Waals surface area contributed by atoms with Crippen LogP contribution in [-0.2, 0) is 27.3 Å². The van der Waals surface area contributed by atoms with Gasteiger partial charge in [-0.3, -0.25) is 4.79 Å². The first kappa shape index (κ1) is 13.7. The van der Waals surface area contributed by atoms with Crippen molar-refractivity contribution in [1.29, 1.82) is 0 Å². The number of amides is 1. The average Bonchev–Trinajstić information content (AvgIpc) is 2.73. The molecule has 17 heavy (non-hydrogen) atoms. The second-order valence-electron chi connectivity index (χ2n) is 3.39. The number of carbonyl (C=O) groups excluding carboxylic acids is 1. The summed E-state index contributed by atoms with van der Waals surface area (Å²) >= 11 is 1.60. The van der Waals surface area contributed by atoms with E-state index < -0.39 is 12.6 Å². The first-order chi connectivity index (χ1) is 8.13. The zero-order valence-corrected chi connectivity index (χ0v) is 10.4. The minimum atomic E-state index is -1.08. The van der Waals surface area contributed by atoms with E-state index >= 15 is 0 Å². The van der Waals surface area contributed by atoms with Gasteiger partial charge in [-0.05, 0) is 23.4 Å². The third kappa shape index (κ3) is 4.97. The van der Waals surface area contributed by atoms with Crippen molar-refractivity contribution in [3.63, 3.8) is 0 Å². The van der Waals surface area contributed by atoms with Crippen LogP contribution in [0.3, 0.4) is 0 Å². The highest BCUT2D eigenvalue weighted by Crippen LogP contribution is 2.16. The van der Waals surface area contributed by atoms with Crippen molar-refractivity contribution in [2.45, 2.75) is 19.9 Å². The fraction of sp³-hybridized carbons (Fsp3) is 0.455. The third-order valence-corrected chi connectivity index (χ3v) is 3.09. The summed E-state index contributed by atoms with van der Waals surface area (Å²) in [7, 11) is 0. The Morgan fingerprint density at radius 1 is 1.47 bits per heavy atom. The molecule has 1 rings (SSSR count). The molecule has 0 radical (unpaired) electrons. The highest BCUT2D eigenvalue weighted by molar-refractivity contribution is 7.10. The van der Waals surface area contributed by atoms with Crippen LogP contribution in [0.25, 0.3) is 0 Å². The van der Waals surface area contributed by atoms with Crippen molar-refractivity contribution in [2.75, 3.05) is 13.2 Å². The average molecular weight is 257 g/mol. The van der Waals surface area contributed by atoms with Gasteiger partial charge in [0.1, 0.15) is 13.2 Å². The predicted molar refractivity (Wildman–Crippen MR) is 64.0 cm³/mol. The van der Waals surface area contributed by atoms with Crippen molar-refractivity contribution in [1.82, 2.24) is 5.32 Å². The largest absolute Gasteiger partial charge is 0.480 e. The van der Waals surface area contributed by atoms with Crippen molar-refractivity contribution >= 4 is 23.2 Å². The summed E-state index contributed by atoms with van der Waals surface area (Å²) in [5, 5.41) is 13.0. The Hall–Kier alpha value is -1.40. The van der Waals surface area contributed by atoms with Gasteiger partial charge in [-0.1, -0.05) is 6.92 Å². The van der Waals surface area contributed by atoms with Crippen molar-refractivity contribution < 1.29 is 19.4 Å². The van der Waals surface area contributed by atoms with E-state index in [1.165, 1.54) is 5.56 Å². The van der Waals surface area contributed by atoms with Gasteiger partial charge >= 0.3 is 5.97 Å². The van der Waals surface area contributed by atoms with Crippen LogP contribution >= 0.6 is 11.3 Å². The Morgan fingerprint density at radius 3 is 2.88 bits per heavy atom. The van der Waals surface area contributed by atoms with Gasteiger partial charge in [0.25, 0.3) is 0 Å². The van der Waals surface area contributed by atoms with Crippen molar-refractivity contribution in [3.8, 4) is 0 Å². The minimum Gasteiger partial charge on any atom is -0.480 e. The van der Waals surface area contributed by atoms with Crippen LogP contribution in [0, 0.1) is 0 Å². The Bertz CT molecular complexity index is 389. The summed E-state index contributed by atoms with van der Waals surface area (Å²) in [6.07, 6.45) is 0.935. The maximum absolute atomic E-state index is 11.3. The van der Waals surface area contributed by atoms with E-state index in [2.05, 4.69) is 17.0 Å². The van der Waals surface area contributed by atoms with E-state index in [4.69, 9.17) is 5.11 Å². The number of hydrogen-bond donors (Lipinski definition) is 2. The van der Waals surface area contributed by atoms with Gasteiger partial charge in [-0.25, -0.2) is 4.79 Å². The molecule has 0 unspecified atom stereocenters. The van der Waals surface area contributed by atoms with Crippen LogP contribution in [0.5, 0.6) is 0 Å². The Morgan fingerprint density at radius 2 is 2.24 bits per heavy atom. The smallest absolute Gasteiger partial charge is 0.329 e. The highest BCUT2D eigenvalue weighted by atomic mass is 32.1. The van der Waals surface area contributed by atoms with Gasteiger partial charge < -0.3 is 15.2 Å². The fourth-order valence-electron chi connectivity index (χ4n) is 1.30. The molecule has 0 aliphatic carbocycles. The summed E-state index contributed by atoms with van der Waals surface area (Å²) in [5.74, 6) is -1.38. The fourth-order valence-corrected chi connectivity index (χ4v) is 2.21. The van der Waals surface area contributed by atoms with E-state index in [1.54, 1.807) is 11.3 Å². The number of thiophene rings is 1. The first-order valence-electron chi connectivity index (χ1n) is 5.25. The van der Waals surface area contributed by atoms with Crippen LogP contribution in [0.2, 0.25) is 0 Å². The minimum absolute atomic E-state index is 0.223. The maximum Gasteiger partial charge on any atom is 0.329 e. The lowest BCUT2D eigenvalue weighted by molar-refractivity contribution is -0.143. The molecule has 0 aliphatic heterocycles. The monoisotopic (exact) mass is 257 g/mol. The van der Waals surface area contributed by atoms with Gasteiger partial charge in [0.2, 0.25) is 5.91 Å². The molecule has 2 N–H and O–H groups in total. The Labute approximate surface area is 103 Å². The van der Waals surface area contributed by atoms with Crippen LogP contribution in [0.4, 0.5) is 0 Å². The quantitative estimate of drug-likeness (QED) is 0.765. The van der Waals surface area contributed by atoms with Gasteiger partial charge in [0.15, 0.2) is 0 Å². The second kappa shape index (κ2) is 7.03. The SMILES string of the molecule is CCc1ccsc1CNC(=O)COCC(=O)O. The molecule has 1 aromatic rings. The molecule has 0 fully saturated rings. The number of nitrogens with one attached hydrogen (secondary N) is 1. The highest BCUT2D eigenvalue weighted by Gasteiger charge is 2.06. The summed E-state index contributed by atoms with van der Waals surface area (Å²) < 4.78 is 4.68. The molecule has 94 valence electrons. The van der Waals surface area contributed by atoms with Crippen LogP contribution in [0.15, 0.2) is 11.4 Å². The normalized spacial score (nSPS) is 10.2. The van der Waals surface area contributed by atoms with E-state index in [0.717, 1.165) is 11.3 Å². The maximum atomic E-state index is 11.3. The predicted octanol–water partition coefficient (Wildman–Crippen LogP) is 1.03. The molecule has 5 nitrogen and oxygen atoms in total. The van der Waals surface area contributed by atoms with Gasteiger partial charge in [-0.15, -0.1) is 11.3 Å². The second-order valence-corrected chi connectivity index (χ2v) is 4.39. The van der Waals surface area contributed by atoms with Gasteiger partial charge in [-0.2, -0.15) is 0 Å². The molecular formula is C11H15NO4S. The molecule has 0 atom stereocenters. The molecule has 0 saturated heterocycles. The number of carboxylic acid groups (broad SMARTS) is 1. The molecule has 1 heterocycles. The van der Waals surface area contributed by atoms with Crippen molar-refractivity contribution in [2.24, 2.45) is 0 Å². The van der Waals surface area contributed by atoms with E-state index in [9.17, 15) is 9.59 Å². The standard InChI is InChI=1S/C11H15NO4S/c1-2-8-3-4-17-9(8)5-12-10(13)6-16-7-11(14)15/h3-4H,2,5-7H2,1H3,(H,12,13)(H,14,15). The van der Waals surface area contributed by atoms with Crippen LogP contribution in [-0.4, -0.2) is 30.2 Å². The molecular weight excluding hydrogens is 242 g/mol. The van der Waals surface area contributed by atoms with E-state index in [0.29, 0.717) is 6.54 Å². The third-order valence-electron chi connectivity index (χ3n) is 2.12. The van der Waals surface area contributed by atoms with Gasteiger partial charge in [0, 0.05) is 4.88 Å². The lowest BCUT2D eigenvalue weighted by Crippen LogP contribution is -2.28. The first-order valence-corrected chi connectivity index (χ1v) is 6.13. The van der Waals surface area contributed by atoms with E-state index in [-0.39, 0.29) is 12.5 Å². The number of aliphatic carboxylic acids is 1. The Kier molecular flexibility index (Phi) is 5.65. The lowest BCUT2D eigenvalue weighted by atomic mass is 10.2. The summed E-state index contributed by atoms with van der Waals surface area (Å²) in [5.41, 5.74) is 1.22. The molecule has 0 bridgehead atoms. The number of aryl methyl sites for hydroxylation is 1. The molecule has 6 heteroatoms. The zero-order valence-electron chi connectivity index (χ0n) is 9.56. The lowest BCUT2D eigenvalue weighted by Gasteiger charge is -2.05. The topological polar surface area (TPSA) is 75.6 Å². The molecule has 0 spiro atoms. The number of ether oxygens (including phenoxy) is 1. The summed E-state index contributed by atoms with van der Waals surface area (Å²) in [4.78, 5) is 22.6. The number of hydrogen-bond acceptors (Lipinski definition) is 4. The number of rotatable bonds is 7. The summed E-state index contributed by atoms with van der Waals surface area (Å²) in [6.45, 7) is 1.85. The number of carboxylic acids is 1. The Balaban J connectivity index is 2.26. The molecule has 0 saturated carbocycles. The molecule has 1 aromatic heterocycles. The zero-order chi connectivity index (χ0) is 12.7. The van der Waals surface area contributed by atoms with E-state index in [1.807, 2.05) is 11.4 Å². The molecule has 0 aliphatic rings. The molecule has 1 amide bonds. The summed E-state index contributed by atoms with van der Waals surface area (Å²) in [6, 6.07) is 2.03.